The van der Waals surface area contributed by atoms with Crippen LogP contribution in [0.5, 0.6) is 0 Å². The van der Waals surface area contributed by atoms with Crippen molar-refractivity contribution in [1.82, 2.24) is 0 Å². The van der Waals surface area contributed by atoms with Gasteiger partial charge in [-0.15, -0.1) is 0 Å². The molecule has 1 aliphatic carbocycles. The number of rotatable bonds is 10. The van der Waals surface area contributed by atoms with Gasteiger partial charge in [-0.25, -0.2) is 0 Å². The van der Waals surface area contributed by atoms with Gasteiger partial charge >= 0.3 is 0 Å². The van der Waals surface area contributed by atoms with Gasteiger partial charge in [-0.2, -0.15) is 0 Å². The van der Waals surface area contributed by atoms with Gasteiger partial charge in [0, 0.05) is 119 Å². The molecular weight excluding hydrogens is 581 g/mol. The molecule has 6 nitrogen and oxygen atoms in total. The van der Waals surface area contributed by atoms with Crippen LogP contribution in [0.1, 0.15) is 27.7 Å². The van der Waals surface area contributed by atoms with Gasteiger partial charge in [0.2, 0.25) is 0 Å². The number of benzene rings is 3. The first kappa shape index (κ1) is 35.0. The van der Waals surface area contributed by atoms with Crippen LogP contribution in [0.15, 0.2) is 76.5 Å². The number of nitrogens with zero attached hydrogens (tertiary/aromatic N) is 6. The fourth-order valence-electron chi connectivity index (χ4n) is 7.32. The maximum atomic E-state index is 2.51. The van der Waals surface area contributed by atoms with E-state index in [-0.39, 0.29) is 0 Å². The van der Waals surface area contributed by atoms with E-state index in [1.54, 1.807) is 5.20 Å². The zero-order valence-electron chi connectivity index (χ0n) is 31.5. The van der Waals surface area contributed by atoms with Crippen LogP contribution in [0.3, 0.4) is 0 Å². The first-order valence-electron chi connectivity index (χ1n) is 16.3. The summed E-state index contributed by atoms with van der Waals surface area (Å²) in [4.78, 5) is 13.7. The Morgan fingerprint density at radius 3 is 0.957 bits per heavy atom. The molecule has 0 saturated heterocycles. The second kappa shape index (κ2) is 13.1. The largest absolute Gasteiger partial charge is 0.378 e. The summed E-state index contributed by atoms with van der Waals surface area (Å²) in [5, 5.41) is 5.85. The van der Waals surface area contributed by atoms with E-state index in [1.807, 2.05) is 0 Å². The molecule has 0 fully saturated rings. The lowest BCUT2D eigenvalue weighted by atomic mass is 10.1. The summed E-state index contributed by atoms with van der Waals surface area (Å²) in [6.45, 7) is 9.53. The highest BCUT2D eigenvalue weighted by Crippen LogP contribution is 2.44. The Balaban J connectivity index is 2.50. The zero-order valence-corrected chi connectivity index (χ0v) is 32.5. The summed E-state index contributed by atoms with van der Waals surface area (Å²) in [5.74, 6) is 0.292. The molecule has 1 atom stereocenters. The summed E-state index contributed by atoms with van der Waals surface area (Å²) < 4.78 is 0. The number of hydrogen-bond acceptors (Lipinski definition) is 6. The van der Waals surface area contributed by atoms with Gasteiger partial charge in [-0.05, 0) is 102 Å². The second-order valence-corrected chi connectivity index (χ2v) is 17.9. The Labute approximate surface area is 281 Å². The quantitative estimate of drug-likeness (QED) is 0.218. The monoisotopic (exact) mass is 638 g/mol. The second-order valence-electron chi connectivity index (χ2n) is 14.3. The van der Waals surface area contributed by atoms with Crippen LogP contribution in [-0.4, -0.2) is 92.6 Å². The third kappa shape index (κ3) is 5.79. The Hall–Kier alpha value is -3.84. The highest BCUT2D eigenvalue weighted by Gasteiger charge is 2.52. The Bertz CT molecular complexity index is 1510. The summed E-state index contributed by atoms with van der Waals surface area (Å²) in [6, 6.07) is 21.4. The Morgan fingerprint density at radius 1 is 0.435 bits per heavy atom. The smallest absolute Gasteiger partial charge is 0.183 e. The average Bonchev–Trinajstić information content (AvgIpc) is 3.19. The molecule has 1 aliphatic rings. The van der Waals surface area contributed by atoms with Gasteiger partial charge in [-0.1, -0.05) is 23.3 Å². The molecule has 0 radical (unpaired) electrons. The molecule has 1 unspecified atom stereocenters. The van der Waals surface area contributed by atoms with Crippen molar-refractivity contribution >= 4 is 57.8 Å². The highest BCUT2D eigenvalue weighted by molar-refractivity contribution is 7.18. The minimum absolute atomic E-state index is 0.292. The molecule has 3 aromatic rings. The molecule has 0 aliphatic heterocycles. The van der Waals surface area contributed by atoms with Crippen LogP contribution in [0.25, 0.3) is 0 Å². The van der Waals surface area contributed by atoms with Gasteiger partial charge in [0.15, 0.2) is 8.07 Å². The molecule has 0 heterocycles. The Morgan fingerprint density at radius 2 is 0.739 bits per heavy atom. The molecule has 0 N–H and O–H groups in total. The van der Waals surface area contributed by atoms with E-state index in [4.69, 9.17) is 0 Å². The zero-order chi connectivity index (χ0) is 34.4. The van der Waals surface area contributed by atoms with Crippen molar-refractivity contribution in [3.63, 3.8) is 0 Å². The maximum Gasteiger partial charge on any atom is 0.183 e. The summed E-state index contributed by atoms with van der Waals surface area (Å²) in [6.07, 6.45) is 0. The SMILES string of the molecule is CC1=C(C)C(C)C([Si](c2cc(N(C)C)ccc2N(C)C)(c2cc(N(C)C)ccc2N(C)C)c2cc(N(C)C)ccc2N(C)C)=C1C. The highest BCUT2D eigenvalue weighted by atomic mass is 28.3. The van der Waals surface area contributed by atoms with Crippen molar-refractivity contribution in [2.45, 2.75) is 27.7 Å². The van der Waals surface area contributed by atoms with Gasteiger partial charge in [0.05, 0.1) is 0 Å². The molecule has 0 aromatic heterocycles. The van der Waals surface area contributed by atoms with Crippen LogP contribution in [-0.2, 0) is 0 Å². The number of allylic oxidation sites excluding steroid dienone is 4. The van der Waals surface area contributed by atoms with E-state index in [9.17, 15) is 0 Å². The minimum atomic E-state index is -3.12. The molecule has 4 rings (SSSR count). The van der Waals surface area contributed by atoms with E-state index in [0.29, 0.717) is 5.92 Å². The molecule has 248 valence electrons. The molecule has 0 amide bonds. The molecule has 7 heteroatoms. The Kier molecular flexibility index (Phi) is 9.98. The fourth-order valence-corrected chi connectivity index (χ4v) is 13.8. The van der Waals surface area contributed by atoms with Crippen molar-refractivity contribution in [2.24, 2.45) is 5.92 Å². The number of hydrogen-bond donors (Lipinski definition) is 0. The molecule has 3 aromatic carbocycles. The fraction of sp³-hybridized carbons (Fsp3) is 0.436. The first-order valence-corrected chi connectivity index (χ1v) is 18.3. The predicted molar refractivity (Wildman–Crippen MR) is 210 cm³/mol. The van der Waals surface area contributed by atoms with Crippen molar-refractivity contribution in [3.05, 3.63) is 76.5 Å². The molecule has 0 spiro atoms. The third-order valence-corrected chi connectivity index (χ3v) is 15.4. The average molecular weight is 639 g/mol. The lowest BCUT2D eigenvalue weighted by Crippen LogP contribution is -2.71. The van der Waals surface area contributed by atoms with Crippen molar-refractivity contribution in [1.29, 1.82) is 0 Å². The van der Waals surface area contributed by atoms with Gasteiger partial charge in [0.25, 0.3) is 0 Å². The molecule has 0 saturated carbocycles. The summed E-state index contributed by atoms with van der Waals surface area (Å²) in [5.41, 5.74) is 11.8. The van der Waals surface area contributed by atoms with Crippen LogP contribution < -0.4 is 45.0 Å². The molecule has 46 heavy (non-hydrogen) atoms. The summed E-state index contributed by atoms with van der Waals surface area (Å²) in [7, 11) is 23.0. The van der Waals surface area contributed by atoms with Crippen molar-refractivity contribution in [3.8, 4) is 0 Å². The van der Waals surface area contributed by atoms with Crippen LogP contribution in [0, 0.1) is 5.92 Å². The predicted octanol–water partition coefficient (Wildman–Crippen LogP) is 5.39. The maximum absolute atomic E-state index is 3.12. The van der Waals surface area contributed by atoms with Crippen LogP contribution in [0.2, 0.25) is 0 Å². The minimum Gasteiger partial charge on any atom is -0.378 e. The van der Waals surface area contributed by atoms with Crippen molar-refractivity contribution < 1.29 is 0 Å². The lowest BCUT2D eigenvalue weighted by molar-refractivity contribution is 0.851. The van der Waals surface area contributed by atoms with Crippen LogP contribution >= 0.6 is 0 Å². The van der Waals surface area contributed by atoms with Gasteiger partial charge in [0.1, 0.15) is 0 Å². The number of anilines is 6. The van der Waals surface area contributed by atoms with E-state index < -0.39 is 8.07 Å². The molecular formula is C39H58N6Si. The van der Waals surface area contributed by atoms with Crippen molar-refractivity contribution in [2.75, 3.05) is 114 Å². The van der Waals surface area contributed by atoms with E-state index in [0.717, 1.165) is 0 Å². The normalized spacial score (nSPS) is 15.0. The van der Waals surface area contributed by atoms with E-state index >= 15 is 0 Å². The van der Waals surface area contributed by atoms with Crippen LogP contribution in [0.4, 0.5) is 34.1 Å². The van der Waals surface area contributed by atoms with E-state index in [2.05, 4.69) is 196 Å². The first-order chi connectivity index (χ1) is 21.5. The van der Waals surface area contributed by atoms with E-state index in [1.165, 1.54) is 66.4 Å². The topological polar surface area (TPSA) is 19.4 Å². The molecule has 0 bridgehead atoms. The standard InChI is InChI=1S/C39H58N6Si/c1-26-27(2)29(4)39(28(26)3)46(36-23-30(40(5)6)17-20-33(36)43(11)12,37-24-31(41(7)8)18-21-34(37)44(13)14)38-25-32(42(9)10)19-22-35(38)45(15)16/h17-25,28H,1-16H3. The lowest BCUT2D eigenvalue weighted by Gasteiger charge is -2.44. The van der Waals surface area contributed by atoms with Gasteiger partial charge in [-0.3, -0.25) is 0 Å². The summed E-state index contributed by atoms with van der Waals surface area (Å²) >= 11 is 0. The van der Waals surface area contributed by atoms with Gasteiger partial charge < -0.3 is 29.4 Å². The third-order valence-electron chi connectivity index (χ3n) is 10.2.